The van der Waals surface area contributed by atoms with Crippen LogP contribution in [-0.2, 0) is 14.8 Å². The van der Waals surface area contributed by atoms with Crippen molar-refractivity contribution in [3.8, 4) is 5.75 Å². The quantitative estimate of drug-likeness (QED) is 0.733. The Bertz CT molecular complexity index is 740. The number of ether oxygens (including phenoxy) is 1. The van der Waals surface area contributed by atoms with Crippen molar-refractivity contribution >= 4 is 15.9 Å². The number of hydrogen-bond acceptors (Lipinski definition) is 4. The second-order valence-corrected chi connectivity index (χ2v) is 9.74. The highest BCUT2D eigenvalue weighted by Gasteiger charge is 2.34. The molecule has 0 bridgehead atoms. The van der Waals surface area contributed by atoms with Gasteiger partial charge in [0.1, 0.15) is 5.75 Å². The summed E-state index contributed by atoms with van der Waals surface area (Å²) < 4.78 is 32.9. The van der Waals surface area contributed by atoms with Crippen molar-refractivity contribution in [2.75, 3.05) is 19.7 Å². The SMILES string of the molecule is CCOc1ccc(S(=O)(=O)N2CCC[C@H](C(=O)NC3CCCCCC3)C2)cc1. The molecule has 2 aliphatic rings. The lowest BCUT2D eigenvalue weighted by Crippen LogP contribution is -2.47. The van der Waals surface area contributed by atoms with Gasteiger partial charge in [0.2, 0.25) is 15.9 Å². The van der Waals surface area contributed by atoms with Crippen molar-refractivity contribution in [2.24, 2.45) is 5.92 Å². The van der Waals surface area contributed by atoms with Gasteiger partial charge in [0.05, 0.1) is 17.4 Å². The van der Waals surface area contributed by atoms with Gasteiger partial charge in [0.15, 0.2) is 0 Å². The molecule has 1 amide bonds. The average molecular weight is 409 g/mol. The zero-order chi connectivity index (χ0) is 20.0. The van der Waals surface area contributed by atoms with E-state index in [-0.39, 0.29) is 29.3 Å². The van der Waals surface area contributed by atoms with Crippen molar-refractivity contribution in [3.63, 3.8) is 0 Å². The van der Waals surface area contributed by atoms with E-state index in [0.717, 1.165) is 32.1 Å². The van der Waals surface area contributed by atoms with Crippen LogP contribution in [0.3, 0.4) is 0 Å². The van der Waals surface area contributed by atoms with Crippen molar-refractivity contribution in [2.45, 2.75) is 69.2 Å². The monoisotopic (exact) mass is 408 g/mol. The first kappa shape index (κ1) is 21.1. The number of benzene rings is 1. The third-order valence-corrected chi connectivity index (χ3v) is 7.61. The second-order valence-electron chi connectivity index (χ2n) is 7.80. The predicted molar refractivity (Wildman–Crippen MR) is 109 cm³/mol. The standard InChI is InChI=1S/C21H32N2O4S/c1-2-27-19-11-13-20(14-12-19)28(25,26)23-15-7-8-17(16-23)21(24)22-18-9-5-3-4-6-10-18/h11-14,17-18H,2-10,15-16H2,1H3,(H,22,24)/t17-/m0/s1. The fourth-order valence-electron chi connectivity index (χ4n) is 4.14. The number of sulfonamides is 1. The lowest BCUT2D eigenvalue weighted by Gasteiger charge is -2.32. The van der Waals surface area contributed by atoms with E-state index < -0.39 is 10.0 Å². The Kier molecular flexibility index (Phi) is 7.35. The molecule has 1 aromatic carbocycles. The summed E-state index contributed by atoms with van der Waals surface area (Å²) in [5.74, 6) is 0.397. The Morgan fingerprint density at radius 3 is 2.39 bits per heavy atom. The molecule has 1 heterocycles. The smallest absolute Gasteiger partial charge is 0.243 e. The molecule has 3 rings (SSSR count). The normalized spacial score (nSPS) is 22.4. The highest BCUT2D eigenvalue weighted by molar-refractivity contribution is 7.89. The highest BCUT2D eigenvalue weighted by atomic mass is 32.2. The Hall–Kier alpha value is -1.60. The Morgan fingerprint density at radius 2 is 1.75 bits per heavy atom. The molecule has 0 unspecified atom stereocenters. The van der Waals surface area contributed by atoms with Crippen LogP contribution in [0.25, 0.3) is 0 Å². The molecule has 1 saturated carbocycles. The minimum absolute atomic E-state index is 0.0125. The van der Waals surface area contributed by atoms with Gasteiger partial charge < -0.3 is 10.1 Å². The molecule has 0 radical (unpaired) electrons. The number of rotatable bonds is 6. The summed E-state index contributed by atoms with van der Waals surface area (Å²) in [7, 11) is -3.60. The van der Waals surface area contributed by atoms with E-state index in [1.54, 1.807) is 24.3 Å². The third kappa shape index (κ3) is 5.26. The number of carbonyl (C=O) groups is 1. The van der Waals surface area contributed by atoms with Gasteiger partial charge in [-0.1, -0.05) is 25.7 Å². The molecule has 28 heavy (non-hydrogen) atoms. The van der Waals surface area contributed by atoms with Crippen LogP contribution in [0.4, 0.5) is 0 Å². The van der Waals surface area contributed by atoms with Crippen LogP contribution in [0, 0.1) is 5.92 Å². The summed E-state index contributed by atoms with van der Waals surface area (Å²) in [5, 5.41) is 3.18. The number of hydrogen-bond donors (Lipinski definition) is 1. The molecule has 6 nitrogen and oxygen atoms in total. The van der Waals surface area contributed by atoms with Gasteiger partial charge in [-0.05, 0) is 56.9 Å². The molecule has 0 aromatic heterocycles. The summed E-state index contributed by atoms with van der Waals surface area (Å²) in [5.41, 5.74) is 0. The summed E-state index contributed by atoms with van der Waals surface area (Å²) >= 11 is 0. The topological polar surface area (TPSA) is 75.7 Å². The molecule has 1 aliphatic carbocycles. The molecule has 1 atom stereocenters. The van der Waals surface area contributed by atoms with E-state index in [9.17, 15) is 13.2 Å². The van der Waals surface area contributed by atoms with Crippen LogP contribution in [0.5, 0.6) is 5.75 Å². The number of piperidine rings is 1. The highest BCUT2D eigenvalue weighted by Crippen LogP contribution is 2.26. The van der Waals surface area contributed by atoms with Crippen molar-refractivity contribution in [3.05, 3.63) is 24.3 Å². The molecule has 1 N–H and O–H groups in total. The first-order valence-corrected chi connectivity index (χ1v) is 12.0. The van der Waals surface area contributed by atoms with Crippen molar-refractivity contribution < 1.29 is 17.9 Å². The van der Waals surface area contributed by atoms with Gasteiger partial charge in [-0.25, -0.2) is 8.42 Å². The van der Waals surface area contributed by atoms with E-state index in [4.69, 9.17) is 4.74 Å². The van der Waals surface area contributed by atoms with E-state index in [1.807, 2.05) is 6.92 Å². The van der Waals surface area contributed by atoms with Gasteiger partial charge in [-0.2, -0.15) is 4.31 Å². The minimum Gasteiger partial charge on any atom is -0.494 e. The summed E-state index contributed by atoms with van der Waals surface area (Å²) in [6.45, 7) is 3.14. The van der Waals surface area contributed by atoms with E-state index in [2.05, 4.69) is 5.32 Å². The molecule has 7 heteroatoms. The Labute approximate surface area is 168 Å². The Balaban J connectivity index is 1.63. The molecule has 1 aromatic rings. The fourth-order valence-corrected chi connectivity index (χ4v) is 5.66. The average Bonchev–Trinajstić information content (AvgIpc) is 2.97. The molecular formula is C21H32N2O4S. The summed E-state index contributed by atoms with van der Waals surface area (Å²) in [4.78, 5) is 13.0. The number of amides is 1. The van der Waals surface area contributed by atoms with Crippen LogP contribution in [0.1, 0.15) is 58.3 Å². The van der Waals surface area contributed by atoms with Crippen LogP contribution < -0.4 is 10.1 Å². The van der Waals surface area contributed by atoms with Crippen LogP contribution in [0.2, 0.25) is 0 Å². The van der Waals surface area contributed by atoms with Gasteiger partial charge in [-0.3, -0.25) is 4.79 Å². The molecule has 1 aliphatic heterocycles. The van der Waals surface area contributed by atoms with Gasteiger partial charge in [0, 0.05) is 19.1 Å². The largest absolute Gasteiger partial charge is 0.494 e. The maximum atomic E-state index is 13.0. The van der Waals surface area contributed by atoms with Gasteiger partial charge in [-0.15, -0.1) is 0 Å². The zero-order valence-corrected chi connectivity index (χ0v) is 17.5. The maximum Gasteiger partial charge on any atom is 0.243 e. The van der Waals surface area contributed by atoms with Crippen LogP contribution in [-0.4, -0.2) is 44.4 Å². The van der Waals surface area contributed by atoms with Crippen LogP contribution in [0.15, 0.2) is 29.2 Å². The van der Waals surface area contributed by atoms with Gasteiger partial charge in [0.25, 0.3) is 0 Å². The van der Waals surface area contributed by atoms with Crippen molar-refractivity contribution in [1.82, 2.24) is 9.62 Å². The second kappa shape index (κ2) is 9.74. The van der Waals surface area contributed by atoms with E-state index in [0.29, 0.717) is 25.3 Å². The van der Waals surface area contributed by atoms with Crippen molar-refractivity contribution in [1.29, 1.82) is 0 Å². The number of carbonyl (C=O) groups excluding carboxylic acids is 1. The lowest BCUT2D eigenvalue weighted by atomic mass is 9.97. The predicted octanol–water partition coefficient (Wildman–Crippen LogP) is 3.33. The first-order chi connectivity index (χ1) is 13.5. The summed E-state index contributed by atoms with van der Waals surface area (Å²) in [6.07, 6.45) is 8.32. The molecule has 156 valence electrons. The van der Waals surface area contributed by atoms with Crippen LogP contribution >= 0.6 is 0 Å². The maximum absolute atomic E-state index is 13.0. The molecule has 0 spiro atoms. The fraction of sp³-hybridized carbons (Fsp3) is 0.667. The Morgan fingerprint density at radius 1 is 1.07 bits per heavy atom. The first-order valence-electron chi connectivity index (χ1n) is 10.5. The third-order valence-electron chi connectivity index (χ3n) is 5.73. The zero-order valence-electron chi connectivity index (χ0n) is 16.7. The minimum atomic E-state index is -3.60. The van der Waals surface area contributed by atoms with Gasteiger partial charge >= 0.3 is 0 Å². The molecule has 1 saturated heterocycles. The lowest BCUT2D eigenvalue weighted by molar-refractivity contribution is -0.126. The number of nitrogens with one attached hydrogen (secondary N) is 1. The molecular weight excluding hydrogens is 376 g/mol. The van der Waals surface area contributed by atoms with E-state index >= 15 is 0 Å². The number of nitrogens with zero attached hydrogens (tertiary/aromatic N) is 1. The molecule has 2 fully saturated rings. The van der Waals surface area contributed by atoms with E-state index in [1.165, 1.54) is 17.1 Å². The summed E-state index contributed by atoms with van der Waals surface area (Å²) in [6, 6.07) is 6.76.